The van der Waals surface area contributed by atoms with Crippen molar-refractivity contribution in [1.82, 2.24) is 9.80 Å². The molecular formula is C18H28N4O3. The molecule has 0 heterocycles. The lowest BCUT2D eigenvalue weighted by Gasteiger charge is -2.31. The van der Waals surface area contributed by atoms with Gasteiger partial charge >= 0.3 is 0 Å². The van der Waals surface area contributed by atoms with Crippen molar-refractivity contribution < 1.29 is 9.72 Å². The number of nitrogens with zero attached hydrogens (tertiary/aromatic N) is 3. The van der Waals surface area contributed by atoms with Crippen molar-refractivity contribution in [2.75, 3.05) is 26.2 Å². The summed E-state index contributed by atoms with van der Waals surface area (Å²) in [4.78, 5) is 26.3. The second-order valence-corrected chi connectivity index (χ2v) is 6.07. The molecule has 7 heteroatoms. The van der Waals surface area contributed by atoms with Gasteiger partial charge in [0.25, 0.3) is 5.69 Å². The lowest BCUT2D eigenvalue weighted by atomic mass is 10.0. The Balaban J connectivity index is 2.71. The van der Waals surface area contributed by atoms with Gasteiger partial charge in [-0.05, 0) is 37.7 Å². The Hall–Kier alpha value is -2.28. The van der Waals surface area contributed by atoms with Crippen LogP contribution in [0.2, 0.25) is 0 Å². The van der Waals surface area contributed by atoms with Crippen LogP contribution in [-0.2, 0) is 4.79 Å². The van der Waals surface area contributed by atoms with Crippen molar-refractivity contribution in [3.05, 3.63) is 39.9 Å². The summed E-state index contributed by atoms with van der Waals surface area (Å²) in [6, 6.07) is 5.87. The molecular weight excluding hydrogens is 320 g/mol. The topological polar surface area (TPSA) is 90.5 Å². The Labute approximate surface area is 149 Å². The molecule has 0 aromatic heterocycles. The van der Waals surface area contributed by atoms with Gasteiger partial charge in [-0.15, -0.1) is 0 Å². The third kappa shape index (κ3) is 6.26. The number of carbonyl (C=O) groups is 1. The molecule has 0 bridgehead atoms. The van der Waals surface area contributed by atoms with E-state index in [4.69, 9.17) is 5.41 Å². The van der Waals surface area contributed by atoms with Crippen LogP contribution in [0, 0.1) is 15.5 Å². The van der Waals surface area contributed by atoms with Crippen LogP contribution in [0.4, 0.5) is 5.69 Å². The number of likely N-dealkylation sites (N-methyl/N-ethyl adjacent to an activating group) is 1. The molecule has 1 unspecified atom stereocenters. The van der Waals surface area contributed by atoms with Crippen molar-refractivity contribution in [3.8, 4) is 0 Å². The molecule has 0 aliphatic rings. The Kier molecular flexibility index (Phi) is 8.21. The predicted octanol–water partition coefficient (Wildman–Crippen LogP) is 2.93. The molecule has 0 aliphatic heterocycles. The number of amides is 1. The van der Waals surface area contributed by atoms with Gasteiger partial charge in [-0.3, -0.25) is 14.9 Å². The number of rotatable bonds is 10. The van der Waals surface area contributed by atoms with Gasteiger partial charge in [0.1, 0.15) is 0 Å². The lowest BCUT2D eigenvalue weighted by Crippen LogP contribution is -2.43. The molecule has 1 aromatic carbocycles. The summed E-state index contributed by atoms with van der Waals surface area (Å²) in [5, 5.41) is 18.9. The van der Waals surface area contributed by atoms with Gasteiger partial charge in [0.2, 0.25) is 5.91 Å². The van der Waals surface area contributed by atoms with Gasteiger partial charge in [0.05, 0.1) is 4.92 Å². The standard InChI is InChI=1S/C18H28N4O3/c1-5-20(6-2)11-12-21(15(4)23)14(3)13-18(19)16-7-9-17(10-8-16)22(24)25/h7-10,14,19H,5-6,11-13H2,1-4H3. The Morgan fingerprint density at radius 1 is 1.20 bits per heavy atom. The second-order valence-electron chi connectivity index (χ2n) is 6.07. The number of carbonyl (C=O) groups excluding carboxylic acids is 1. The van der Waals surface area contributed by atoms with Crippen LogP contribution in [0.15, 0.2) is 24.3 Å². The summed E-state index contributed by atoms with van der Waals surface area (Å²) in [5.41, 5.74) is 1.02. The first kappa shape index (κ1) is 20.8. The summed E-state index contributed by atoms with van der Waals surface area (Å²) in [5.74, 6) is -0.00356. The normalized spacial score (nSPS) is 12.0. The molecule has 0 saturated carbocycles. The van der Waals surface area contributed by atoms with E-state index in [0.29, 0.717) is 24.2 Å². The van der Waals surface area contributed by atoms with Crippen LogP contribution in [-0.4, -0.2) is 58.6 Å². The van der Waals surface area contributed by atoms with Crippen molar-refractivity contribution in [1.29, 1.82) is 5.41 Å². The fourth-order valence-electron chi connectivity index (χ4n) is 2.78. The van der Waals surface area contributed by atoms with Gasteiger partial charge in [-0.25, -0.2) is 0 Å². The zero-order valence-corrected chi connectivity index (χ0v) is 15.5. The van der Waals surface area contributed by atoms with E-state index in [1.807, 2.05) is 6.92 Å². The van der Waals surface area contributed by atoms with Crippen LogP contribution in [0.1, 0.15) is 39.7 Å². The van der Waals surface area contributed by atoms with Crippen LogP contribution in [0.5, 0.6) is 0 Å². The number of nitro benzene ring substituents is 1. The maximum atomic E-state index is 12.0. The van der Waals surface area contributed by atoms with E-state index in [1.165, 1.54) is 12.1 Å². The highest BCUT2D eigenvalue weighted by atomic mass is 16.6. The molecule has 25 heavy (non-hydrogen) atoms. The lowest BCUT2D eigenvalue weighted by molar-refractivity contribution is -0.384. The largest absolute Gasteiger partial charge is 0.339 e. The van der Waals surface area contributed by atoms with Gasteiger partial charge in [-0.1, -0.05) is 13.8 Å². The average Bonchev–Trinajstić information content (AvgIpc) is 2.58. The Bertz CT molecular complexity index is 597. The van der Waals surface area contributed by atoms with Crippen molar-refractivity contribution in [2.24, 2.45) is 0 Å². The number of nitrogens with one attached hydrogen (secondary N) is 1. The maximum absolute atomic E-state index is 12.0. The summed E-state index contributed by atoms with van der Waals surface area (Å²) in [7, 11) is 0. The summed E-state index contributed by atoms with van der Waals surface area (Å²) in [6.45, 7) is 11.0. The summed E-state index contributed by atoms with van der Waals surface area (Å²) >= 11 is 0. The molecule has 1 amide bonds. The Morgan fingerprint density at radius 3 is 2.20 bits per heavy atom. The highest BCUT2D eigenvalue weighted by Crippen LogP contribution is 2.15. The van der Waals surface area contributed by atoms with Crippen molar-refractivity contribution >= 4 is 17.3 Å². The second kappa shape index (κ2) is 9.88. The monoisotopic (exact) mass is 348 g/mol. The fourth-order valence-corrected chi connectivity index (χ4v) is 2.78. The number of hydrogen-bond acceptors (Lipinski definition) is 5. The first-order valence-electron chi connectivity index (χ1n) is 8.61. The predicted molar refractivity (Wildman–Crippen MR) is 99.2 cm³/mol. The molecule has 1 rings (SSSR count). The smallest absolute Gasteiger partial charge is 0.269 e. The Morgan fingerprint density at radius 2 is 1.76 bits per heavy atom. The minimum absolute atomic E-state index is 0.00356. The SMILES string of the molecule is CCN(CC)CCN(C(C)=O)C(C)CC(=N)c1ccc([N+](=O)[O-])cc1. The van der Waals surface area contributed by atoms with Crippen LogP contribution in [0.3, 0.4) is 0 Å². The fraction of sp³-hybridized carbons (Fsp3) is 0.556. The average molecular weight is 348 g/mol. The van der Waals surface area contributed by atoms with E-state index in [9.17, 15) is 14.9 Å². The molecule has 0 aliphatic carbocycles. The van der Waals surface area contributed by atoms with Gasteiger partial charge in [0, 0.05) is 50.3 Å². The highest BCUT2D eigenvalue weighted by molar-refractivity contribution is 5.98. The van der Waals surface area contributed by atoms with E-state index in [1.54, 1.807) is 24.0 Å². The van der Waals surface area contributed by atoms with E-state index in [2.05, 4.69) is 18.7 Å². The molecule has 138 valence electrons. The van der Waals surface area contributed by atoms with Gasteiger partial charge in [-0.2, -0.15) is 0 Å². The zero-order chi connectivity index (χ0) is 19.0. The molecule has 0 fully saturated rings. The third-order valence-corrected chi connectivity index (χ3v) is 4.41. The number of benzene rings is 1. The first-order chi connectivity index (χ1) is 11.8. The van der Waals surface area contributed by atoms with Crippen LogP contribution < -0.4 is 0 Å². The van der Waals surface area contributed by atoms with E-state index < -0.39 is 4.92 Å². The number of hydrogen-bond donors (Lipinski definition) is 1. The summed E-state index contributed by atoms with van der Waals surface area (Å²) < 4.78 is 0. The number of non-ortho nitro benzene ring substituents is 1. The van der Waals surface area contributed by atoms with E-state index in [-0.39, 0.29) is 17.6 Å². The van der Waals surface area contributed by atoms with Crippen LogP contribution in [0.25, 0.3) is 0 Å². The number of nitro groups is 1. The molecule has 0 radical (unpaired) electrons. The van der Waals surface area contributed by atoms with Crippen molar-refractivity contribution in [3.63, 3.8) is 0 Å². The summed E-state index contributed by atoms with van der Waals surface area (Å²) in [6.07, 6.45) is 0.412. The van der Waals surface area contributed by atoms with E-state index >= 15 is 0 Å². The van der Waals surface area contributed by atoms with Crippen molar-refractivity contribution in [2.45, 2.75) is 40.2 Å². The first-order valence-corrected chi connectivity index (χ1v) is 8.61. The molecule has 7 nitrogen and oxygen atoms in total. The molecule has 1 atom stereocenters. The minimum Gasteiger partial charge on any atom is -0.339 e. The van der Waals surface area contributed by atoms with Gasteiger partial charge in [0.15, 0.2) is 0 Å². The third-order valence-electron chi connectivity index (χ3n) is 4.41. The van der Waals surface area contributed by atoms with Gasteiger partial charge < -0.3 is 15.2 Å². The molecule has 0 saturated heterocycles. The molecule has 0 spiro atoms. The minimum atomic E-state index is -0.458. The maximum Gasteiger partial charge on any atom is 0.269 e. The van der Waals surface area contributed by atoms with E-state index in [0.717, 1.165) is 19.6 Å². The quantitative estimate of drug-likeness (QED) is 0.400. The highest BCUT2D eigenvalue weighted by Gasteiger charge is 2.19. The molecule has 1 aromatic rings. The zero-order valence-electron chi connectivity index (χ0n) is 15.5. The molecule has 1 N–H and O–H groups in total. The van der Waals surface area contributed by atoms with Crippen LogP contribution >= 0.6 is 0 Å².